The molecule has 2 aromatic carbocycles. The number of aromatic amines is 1. The Morgan fingerprint density at radius 1 is 1.12 bits per heavy atom. The highest BCUT2D eigenvalue weighted by Gasteiger charge is 2.18. The number of aliphatic imine (C=N–C) groups is 1. The van der Waals surface area contributed by atoms with Crippen molar-refractivity contribution < 1.29 is 14.6 Å². The Bertz CT molecular complexity index is 930. The van der Waals surface area contributed by atoms with Crippen LogP contribution >= 0.6 is 15.9 Å². The molecule has 25 heavy (non-hydrogen) atoms. The molecule has 1 aromatic heterocycles. The van der Waals surface area contributed by atoms with Crippen molar-refractivity contribution >= 4 is 38.2 Å². The summed E-state index contributed by atoms with van der Waals surface area (Å²) in [5.74, 6) is 1.29. The number of benzene rings is 2. The van der Waals surface area contributed by atoms with Gasteiger partial charge in [0.25, 0.3) is 0 Å². The molecular formula is C19H19BrN2O3. The number of nitrogens with one attached hydrogen (secondary N) is 1. The lowest BCUT2D eigenvalue weighted by atomic mass is 10.1. The number of rotatable bonds is 5. The topological polar surface area (TPSA) is 66.8 Å². The Balaban J connectivity index is 2.18. The molecule has 0 saturated carbocycles. The fourth-order valence-corrected chi connectivity index (χ4v) is 3.05. The number of ether oxygens (including phenoxy) is 2. The standard InChI is InChI=1S/C19H19BrN2O3/c1-4-14(21-12-7-5-11(20)6-8-12)18-13-9-16(24-2)17(25-3)10-15(13)22-19(18)23/h5-10,22-23H,4H2,1-3H3. The molecule has 0 saturated heterocycles. The quantitative estimate of drug-likeness (QED) is 0.577. The van der Waals surface area contributed by atoms with Crippen LogP contribution in [-0.4, -0.2) is 30.0 Å². The van der Waals surface area contributed by atoms with Gasteiger partial charge in [0, 0.05) is 15.9 Å². The second-order valence-electron chi connectivity index (χ2n) is 5.49. The van der Waals surface area contributed by atoms with E-state index in [0.29, 0.717) is 23.5 Å². The summed E-state index contributed by atoms with van der Waals surface area (Å²) in [5, 5.41) is 11.3. The lowest BCUT2D eigenvalue weighted by Gasteiger charge is -2.08. The number of nitrogens with zero attached hydrogens (tertiary/aromatic N) is 1. The second-order valence-corrected chi connectivity index (χ2v) is 6.41. The van der Waals surface area contributed by atoms with E-state index in [1.165, 1.54) is 0 Å². The van der Waals surface area contributed by atoms with Gasteiger partial charge in [0.05, 0.1) is 36.7 Å². The van der Waals surface area contributed by atoms with Gasteiger partial charge in [0.15, 0.2) is 17.4 Å². The second kappa shape index (κ2) is 7.19. The Kier molecular flexibility index (Phi) is 4.99. The van der Waals surface area contributed by atoms with Crippen LogP contribution in [0.25, 0.3) is 10.9 Å². The van der Waals surface area contributed by atoms with Crippen LogP contribution in [0, 0.1) is 0 Å². The van der Waals surface area contributed by atoms with Gasteiger partial charge < -0.3 is 19.6 Å². The van der Waals surface area contributed by atoms with Crippen molar-refractivity contribution in [3.63, 3.8) is 0 Å². The van der Waals surface area contributed by atoms with Crippen molar-refractivity contribution in [2.75, 3.05) is 14.2 Å². The predicted molar refractivity (Wildman–Crippen MR) is 104 cm³/mol. The molecule has 3 aromatic rings. The van der Waals surface area contributed by atoms with E-state index in [4.69, 9.17) is 14.5 Å². The molecule has 5 nitrogen and oxygen atoms in total. The molecule has 0 radical (unpaired) electrons. The number of hydrogen-bond donors (Lipinski definition) is 2. The molecule has 0 aliphatic rings. The SMILES string of the molecule is CCC(=Nc1ccc(Br)cc1)c1c(O)[nH]c2cc(OC)c(OC)cc12. The fraction of sp³-hybridized carbons (Fsp3) is 0.211. The van der Waals surface area contributed by atoms with Gasteiger partial charge in [0.1, 0.15) is 0 Å². The van der Waals surface area contributed by atoms with Gasteiger partial charge in [-0.2, -0.15) is 0 Å². The Morgan fingerprint density at radius 2 is 1.76 bits per heavy atom. The first kappa shape index (κ1) is 17.4. The summed E-state index contributed by atoms with van der Waals surface area (Å²) in [4.78, 5) is 7.71. The molecule has 0 spiro atoms. The molecule has 1 heterocycles. The van der Waals surface area contributed by atoms with Gasteiger partial charge >= 0.3 is 0 Å². The summed E-state index contributed by atoms with van der Waals surface area (Å²) in [7, 11) is 3.17. The summed E-state index contributed by atoms with van der Waals surface area (Å²) in [6.45, 7) is 2.01. The lowest BCUT2D eigenvalue weighted by Crippen LogP contribution is -1.98. The van der Waals surface area contributed by atoms with Crippen LogP contribution in [0.4, 0.5) is 5.69 Å². The summed E-state index contributed by atoms with van der Waals surface area (Å²) >= 11 is 3.42. The number of methoxy groups -OCH3 is 2. The van der Waals surface area contributed by atoms with Gasteiger partial charge in [0.2, 0.25) is 0 Å². The Labute approximate surface area is 154 Å². The molecule has 3 rings (SSSR count). The Morgan fingerprint density at radius 3 is 2.36 bits per heavy atom. The minimum absolute atomic E-state index is 0.0861. The fourth-order valence-electron chi connectivity index (χ4n) is 2.78. The van der Waals surface area contributed by atoms with Crippen LogP contribution in [-0.2, 0) is 0 Å². The van der Waals surface area contributed by atoms with E-state index < -0.39 is 0 Å². The molecule has 0 bridgehead atoms. The molecule has 2 N–H and O–H groups in total. The lowest BCUT2D eigenvalue weighted by molar-refractivity contribution is 0.356. The average molecular weight is 403 g/mol. The van der Waals surface area contributed by atoms with Crippen molar-refractivity contribution in [3.05, 3.63) is 46.4 Å². The van der Waals surface area contributed by atoms with Crippen LogP contribution in [0.15, 0.2) is 45.9 Å². The third kappa shape index (κ3) is 3.35. The zero-order chi connectivity index (χ0) is 18.0. The molecule has 0 aliphatic carbocycles. The van der Waals surface area contributed by atoms with E-state index in [9.17, 15) is 5.11 Å². The molecule has 130 valence electrons. The van der Waals surface area contributed by atoms with Crippen LogP contribution in [0.3, 0.4) is 0 Å². The van der Waals surface area contributed by atoms with Crippen LogP contribution in [0.1, 0.15) is 18.9 Å². The summed E-state index contributed by atoms with van der Waals surface area (Å²) in [6, 6.07) is 11.4. The van der Waals surface area contributed by atoms with E-state index in [1.807, 2.05) is 43.3 Å². The van der Waals surface area contributed by atoms with Crippen molar-refractivity contribution in [1.29, 1.82) is 0 Å². The zero-order valence-corrected chi connectivity index (χ0v) is 15.8. The highest BCUT2D eigenvalue weighted by atomic mass is 79.9. The smallest absolute Gasteiger partial charge is 0.198 e. The van der Waals surface area contributed by atoms with E-state index in [2.05, 4.69) is 20.9 Å². The molecular weight excluding hydrogens is 384 g/mol. The average Bonchev–Trinajstić information content (AvgIpc) is 2.94. The van der Waals surface area contributed by atoms with E-state index in [1.54, 1.807) is 14.2 Å². The van der Waals surface area contributed by atoms with Crippen molar-refractivity contribution in [3.8, 4) is 17.4 Å². The van der Waals surface area contributed by atoms with Crippen LogP contribution < -0.4 is 9.47 Å². The number of halogens is 1. The summed E-state index contributed by atoms with van der Waals surface area (Å²) in [5.41, 5.74) is 3.07. The predicted octanol–water partition coefficient (Wildman–Crippen LogP) is 5.18. The zero-order valence-electron chi connectivity index (χ0n) is 14.3. The van der Waals surface area contributed by atoms with E-state index >= 15 is 0 Å². The molecule has 0 aliphatic heterocycles. The highest BCUT2D eigenvalue weighted by Crippen LogP contribution is 2.37. The molecule has 0 amide bonds. The van der Waals surface area contributed by atoms with Gasteiger partial charge in [-0.15, -0.1) is 0 Å². The van der Waals surface area contributed by atoms with Gasteiger partial charge in [-0.3, -0.25) is 4.99 Å². The number of H-pyrrole nitrogens is 1. The third-order valence-electron chi connectivity index (χ3n) is 4.00. The van der Waals surface area contributed by atoms with Crippen LogP contribution in [0.5, 0.6) is 17.4 Å². The van der Waals surface area contributed by atoms with Crippen molar-refractivity contribution in [2.45, 2.75) is 13.3 Å². The molecule has 0 atom stereocenters. The Hall–Kier alpha value is -2.47. The van der Waals surface area contributed by atoms with Gasteiger partial charge in [-0.25, -0.2) is 0 Å². The van der Waals surface area contributed by atoms with Crippen molar-refractivity contribution in [1.82, 2.24) is 4.98 Å². The largest absolute Gasteiger partial charge is 0.494 e. The summed E-state index contributed by atoms with van der Waals surface area (Å²) in [6.07, 6.45) is 0.672. The van der Waals surface area contributed by atoms with Gasteiger partial charge in [-0.05, 0) is 36.8 Å². The summed E-state index contributed by atoms with van der Waals surface area (Å²) < 4.78 is 11.7. The number of aromatic nitrogens is 1. The highest BCUT2D eigenvalue weighted by molar-refractivity contribution is 9.10. The maximum atomic E-state index is 10.5. The van der Waals surface area contributed by atoms with E-state index in [0.717, 1.165) is 26.8 Å². The van der Waals surface area contributed by atoms with Gasteiger partial charge in [-0.1, -0.05) is 22.9 Å². The monoisotopic (exact) mass is 402 g/mol. The maximum Gasteiger partial charge on any atom is 0.198 e. The normalized spacial score (nSPS) is 11.8. The number of aromatic hydroxyl groups is 1. The first-order valence-electron chi connectivity index (χ1n) is 7.87. The first-order chi connectivity index (χ1) is 12.1. The van der Waals surface area contributed by atoms with E-state index in [-0.39, 0.29) is 5.88 Å². The molecule has 6 heteroatoms. The maximum absolute atomic E-state index is 10.5. The minimum atomic E-state index is 0.0861. The molecule has 0 unspecified atom stereocenters. The third-order valence-corrected chi connectivity index (χ3v) is 4.53. The first-order valence-corrected chi connectivity index (χ1v) is 8.66. The molecule has 0 fully saturated rings. The van der Waals surface area contributed by atoms with Crippen molar-refractivity contribution in [2.24, 2.45) is 4.99 Å². The minimum Gasteiger partial charge on any atom is -0.494 e. The van der Waals surface area contributed by atoms with Crippen LogP contribution in [0.2, 0.25) is 0 Å². The number of hydrogen-bond acceptors (Lipinski definition) is 4. The number of fused-ring (bicyclic) bond motifs is 1.